The van der Waals surface area contributed by atoms with Crippen LogP contribution in [0.25, 0.3) is 0 Å². The van der Waals surface area contributed by atoms with Gasteiger partial charge in [0.05, 0.1) is 18.3 Å². The first-order chi connectivity index (χ1) is 8.27. The Morgan fingerprint density at radius 1 is 1.11 bits per heavy atom. The average Bonchev–Trinajstić information content (AvgIpc) is 2.47. The van der Waals surface area contributed by atoms with Crippen LogP contribution in [0.3, 0.4) is 0 Å². The van der Waals surface area contributed by atoms with E-state index in [1.165, 1.54) is 0 Å². The van der Waals surface area contributed by atoms with E-state index < -0.39 is 7.12 Å². The van der Waals surface area contributed by atoms with Crippen LogP contribution in [0.2, 0.25) is 5.02 Å². The summed E-state index contributed by atoms with van der Waals surface area (Å²) in [6.45, 7) is 8.09. The van der Waals surface area contributed by atoms with Crippen LogP contribution < -0.4 is 10.2 Å². The van der Waals surface area contributed by atoms with Crippen LogP contribution in [-0.4, -0.2) is 25.4 Å². The lowest BCUT2D eigenvalue weighted by molar-refractivity contribution is 0.00578. The second kappa shape index (κ2) is 4.44. The maximum Gasteiger partial charge on any atom is 0.498 e. The van der Waals surface area contributed by atoms with E-state index in [1.807, 2.05) is 39.8 Å². The molecule has 1 aliphatic heterocycles. The van der Waals surface area contributed by atoms with Crippen molar-refractivity contribution in [1.29, 1.82) is 0 Å². The molecule has 2 rings (SSSR count). The fraction of sp³-hybridized carbons (Fsp3) is 0.538. The molecule has 1 aliphatic rings. The van der Waals surface area contributed by atoms with Crippen LogP contribution in [0.4, 0.5) is 0 Å². The highest BCUT2D eigenvalue weighted by Crippen LogP contribution is 2.37. The Bertz CT molecular complexity index is 444. The summed E-state index contributed by atoms with van der Waals surface area (Å²) in [6, 6.07) is 5.45. The maximum absolute atomic E-state index is 5.99. The van der Waals surface area contributed by atoms with Crippen molar-refractivity contribution in [3.8, 4) is 5.75 Å². The van der Waals surface area contributed by atoms with Gasteiger partial charge in [-0.05, 0) is 39.8 Å². The van der Waals surface area contributed by atoms with Crippen LogP contribution in [0.5, 0.6) is 5.75 Å². The van der Waals surface area contributed by atoms with E-state index in [1.54, 1.807) is 13.2 Å². The third kappa shape index (κ3) is 2.25. The summed E-state index contributed by atoms with van der Waals surface area (Å²) in [5.74, 6) is 0.681. The zero-order valence-corrected chi connectivity index (χ0v) is 12.2. The molecule has 0 N–H and O–H groups in total. The van der Waals surface area contributed by atoms with Crippen LogP contribution in [0.15, 0.2) is 18.2 Å². The van der Waals surface area contributed by atoms with E-state index in [0.717, 1.165) is 5.46 Å². The minimum absolute atomic E-state index is 0.359. The molecule has 0 unspecified atom stereocenters. The summed E-state index contributed by atoms with van der Waals surface area (Å²) in [5.41, 5.74) is 0.144. The highest BCUT2D eigenvalue weighted by molar-refractivity contribution is 6.63. The lowest BCUT2D eigenvalue weighted by Crippen LogP contribution is -2.41. The predicted octanol–water partition coefficient (Wildman–Crippen LogP) is 2.65. The molecule has 0 saturated carbocycles. The smallest absolute Gasteiger partial charge is 0.497 e. The summed E-state index contributed by atoms with van der Waals surface area (Å²) in [5, 5.41) is 0.632. The molecule has 1 fully saturated rings. The zero-order valence-electron chi connectivity index (χ0n) is 11.4. The summed E-state index contributed by atoms with van der Waals surface area (Å²) in [6.07, 6.45) is 0. The van der Waals surface area contributed by atoms with Crippen molar-refractivity contribution >= 4 is 24.2 Å². The van der Waals surface area contributed by atoms with E-state index in [2.05, 4.69) is 0 Å². The van der Waals surface area contributed by atoms with Gasteiger partial charge in [0, 0.05) is 10.5 Å². The lowest BCUT2D eigenvalue weighted by Gasteiger charge is -2.32. The minimum atomic E-state index is -0.429. The number of ether oxygens (including phenoxy) is 1. The Morgan fingerprint density at radius 2 is 1.67 bits per heavy atom. The van der Waals surface area contributed by atoms with Gasteiger partial charge in [0.2, 0.25) is 0 Å². The summed E-state index contributed by atoms with van der Waals surface area (Å²) in [4.78, 5) is 0. The molecule has 98 valence electrons. The SMILES string of the molecule is COc1cc(Cl)ccc1B1OC(C)(C)C(C)(C)O1. The van der Waals surface area contributed by atoms with E-state index in [9.17, 15) is 0 Å². The van der Waals surface area contributed by atoms with Gasteiger partial charge in [-0.25, -0.2) is 0 Å². The monoisotopic (exact) mass is 268 g/mol. The first kappa shape index (κ1) is 13.7. The van der Waals surface area contributed by atoms with Crippen molar-refractivity contribution in [3.05, 3.63) is 23.2 Å². The molecule has 18 heavy (non-hydrogen) atoms. The number of halogens is 1. The number of hydrogen-bond donors (Lipinski definition) is 0. The molecule has 0 bridgehead atoms. The third-order valence-corrected chi connectivity index (χ3v) is 3.94. The second-order valence-electron chi connectivity index (χ2n) is 5.47. The average molecular weight is 269 g/mol. The van der Waals surface area contributed by atoms with Gasteiger partial charge >= 0.3 is 7.12 Å². The van der Waals surface area contributed by atoms with Gasteiger partial charge in [-0.1, -0.05) is 17.7 Å². The molecule has 1 aromatic carbocycles. The van der Waals surface area contributed by atoms with Crippen molar-refractivity contribution in [3.63, 3.8) is 0 Å². The standard InChI is InChI=1S/C13H18BClO3/c1-12(2)13(3,4)18-14(17-12)10-7-6-9(15)8-11(10)16-5/h6-8H,1-5H3. The van der Waals surface area contributed by atoms with Crippen molar-refractivity contribution in [1.82, 2.24) is 0 Å². The van der Waals surface area contributed by atoms with E-state index >= 15 is 0 Å². The van der Waals surface area contributed by atoms with Gasteiger partial charge in [-0.2, -0.15) is 0 Å². The summed E-state index contributed by atoms with van der Waals surface area (Å²) < 4.78 is 17.3. The lowest BCUT2D eigenvalue weighted by atomic mass is 9.78. The molecule has 0 aromatic heterocycles. The van der Waals surface area contributed by atoms with E-state index in [-0.39, 0.29) is 11.2 Å². The van der Waals surface area contributed by atoms with Gasteiger partial charge in [-0.3, -0.25) is 0 Å². The van der Waals surface area contributed by atoms with E-state index in [0.29, 0.717) is 10.8 Å². The third-order valence-electron chi connectivity index (χ3n) is 3.70. The molecule has 1 heterocycles. The quantitative estimate of drug-likeness (QED) is 0.772. The molecule has 1 saturated heterocycles. The predicted molar refractivity (Wildman–Crippen MR) is 73.7 cm³/mol. The van der Waals surface area contributed by atoms with Crippen LogP contribution in [0.1, 0.15) is 27.7 Å². The van der Waals surface area contributed by atoms with Gasteiger partial charge in [0.1, 0.15) is 5.75 Å². The van der Waals surface area contributed by atoms with Crippen molar-refractivity contribution in [2.45, 2.75) is 38.9 Å². The molecular formula is C13H18BClO3. The number of benzene rings is 1. The summed E-state index contributed by atoms with van der Waals surface area (Å²) >= 11 is 5.95. The molecule has 0 spiro atoms. The zero-order chi connectivity index (χ0) is 13.6. The van der Waals surface area contributed by atoms with Crippen LogP contribution in [-0.2, 0) is 9.31 Å². The van der Waals surface area contributed by atoms with Gasteiger partial charge in [-0.15, -0.1) is 0 Å². The Balaban J connectivity index is 2.35. The topological polar surface area (TPSA) is 27.7 Å². The highest BCUT2D eigenvalue weighted by atomic mass is 35.5. The fourth-order valence-corrected chi connectivity index (χ4v) is 2.01. The largest absolute Gasteiger partial charge is 0.498 e. The van der Waals surface area contributed by atoms with Crippen molar-refractivity contribution in [2.75, 3.05) is 7.11 Å². The number of hydrogen-bond acceptors (Lipinski definition) is 3. The molecule has 0 aliphatic carbocycles. The fourth-order valence-electron chi connectivity index (χ4n) is 1.85. The highest BCUT2D eigenvalue weighted by Gasteiger charge is 2.52. The Morgan fingerprint density at radius 3 is 2.17 bits per heavy atom. The Labute approximate surface area is 114 Å². The molecule has 3 nitrogen and oxygen atoms in total. The minimum Gasteiger partial charge on any atom is -0.497 e. The molecule has 0 amide bonds. The Hall–Kier alpha value is -0.705. The number of rotatable bonds is 2. The van der Waals surface area contributed by atoms with Gasteiger partial charge in [0.15, 0.2) is 0 Å². The molecule has 5 heteroatoms. The maximum atomic E-state index is 5.99. The van der Waals surface area contributed by atoms with Crippen LogP contribution in [0, 0.1) is 0 Å². The van der Waals surface area contributed by atoms with Crippen LogP contribution >= 0.6 is 11.6 Å². The second-order valence-corrected chi connectivity index (χ2v) is 5.91. The van der Waals surface area contributed by atoms with Gasteiger partial charge < -0.3 is 14.0 Å². The number of methoxy groups -OCH3 is 1. The molecule has 0 atom stereocenters. The first-order valence-electron chi connectivity index (χ1n) is 5.96. The summed E-state index contributed by atoms with van der Waals surface area (Å²) in [7, 11) is 1.18. The van der Waals surface area contributed by atoms with Crippen molar-refractivity contribution < 1.29 is 14.0 Å². The molecule has 1 aromatic rings. The van der Waals surface area contributed by atoms with Gasteiger partial charge in [0.25, 0.3) is 0 Å². The molecular weight excluding hydrogens is 250 g/mol. The normalized spacial score (nSPS) is 21.1. The molecule has 0 radical (unpaired) electrons. The van der Waals surface area contributed by atoms with Crippen molar-refractivity contribution in [2.24, 2.45) is 0 Å². The Kier molecular flexibility index (Phi) is 3.39. The first-order valence-corrected chi connectivity index (χ1v) is 6.34. The van der Waals surface area contributed by atoms with E-state index in [4.69, 9.17) is 25.6 Å².